The van der Waals surface area contributed by atoms with Gasteiger partial charge in [-0.25, -0.2) is 0 Å². The molecule has 3 N–H and O–H groups in total. The van der Waals surface area contributed by atoms with Gasteiger partial charge in [-0.15, -0.1) is 0 Å². The lowest BCUT2D eigenvalue weighted by atomic mass is 10.1. The number of halogens is 1. The Labute approximate surface area is 105 Å². The van der Waals surface area contributed by atoms with E-state index in [0.717, 1.165) is 27.8 Å². The molecule has 0 amide bonds. The average molecular weight is 248 g/mol. The summed E-state index contributed by atoms with van der Waals surface area (Å²) in [6.45, 7) is 2.03. The molecule has 1 aromatic heterocycles. The van der Waals surface area contributed by atoms with E-state index < -0.39 is 0 Å². The fraction of sp³-hybridized carbons (Fsp3) is 0.308. The third kappa shape index (κ3) is 1.85. The minimum Gasteiger partial charge on any atom is -0.323 e. The molecule has 1 heterocycles. The van der Waals surface area contributed by atoms with Crippen molar-refractivity contribution >= 4 is 28.2 Å². The Morgan fingerprint density at radius 1 is 1.35 bits per heavy atom. The second-order valence-electron chi connectivity index (χ2n) is 4.63. The van der Waals surface area contributed by atoms with Crippen molar-refractivity contribution in [3.8, 4) is 0 Å². The number of benzene rings is 1. The van der Waals surface area contributed by atoms with Crippen LogP contribution in [0.1, 0.15) is 30.0 Å². The van der Waals surface area contributed by atoms with Gasteiger partial charge in [-0.1, -0.05) is 11.6 Å². The molecule has 17 heavy (non-hydrogen) atoms. The number of rotatable bonds is 2. The van der Waals surface area contributed by atoms with E-state index >= 15 is 0 Å². The first-order valence-electron chi connectivity index (χ1n) is 5.76. The number of aromatic nitrogens is 1. The van der Waals surface area contributed by atoms with E-state index in [-0.39, 0.29) is 0 Å². The van der Waals surface area contributed by atoms with Crippen molar-refractivity contribution in [1.29, 1.82) is 0 Å². The molecule has 0 unspecified atom stereocenters. The molecule has 88 valence electrons. The van der Waals surface area contributed by atoms with Crippen LogP contribution < -0.4 is 11.3 Å². The third-order valence-electron chi connectivity index (χ3n) is 3.24. The Kier molecular flexibility index (Phi) is 2.45. The normalized spacial score (nSPS) is 15.2. The molecule has 2 aromatic rings. The van der Waals surface area contributed by atoms with Crippen molar-refractivity contribution in [2.45, 2.75) is 25.7 Å². The number of nitrogen functional groups attached to an aromatic ring is 1. The summed E-state index contributed by atoms with van der Waals surface area (Å²) >= 11 is 6.07. The molecule has 1 aliphatic carbocycles. The van der Waals surface area contributed by atoms with Crippen LogP contribution in [0.3, 0.4) is 0 Å². The molecule has 3 rings (SSSR count). The van der Waals surface area contributed by atoms with Crippen LogP contribution in [0.25, 0.3) is 10.9 Å². The number of hydrogen-bond donors (Lipinski definition) is 2. The van der Waals surface area contributed by atoms with Crippen LogP contribution in [0.2, 0.25) is 5.02 Å². The second kappa shape index (κ2) is 3.86. The lowest BCUT2D eigenvalue weighted by Crippen LogP contribution is -2.08. The predicted octanol–water partition coefficient (Wildman–Crippen LogP) is 3.36. The van der Waals surface area contributed by atoms with Crippen LogP contribution in [0.5, 0.6) is 0 Å². The monoisotopic (exact) mass is 247 g/mol. The zero-order chi connectivity index (χ0) is 12.0. The number of aryl methyl sites for hydroxylation is 1. The molecule has 1 aliphatic rings. The van der Waals surface area contributed by atoms with Gasteiger partial charge in [0.1, 0.15) is 0 Å². The fourth-order valence-corrected chi connectivity index (χ4v) is 2.46. The molecule has 0 bridgehead atoms. The Morgan fingerprint density at radius 3 is 2.76 bits per heavy atom. The minimum absolute atomic E-state index is 0.613. The van der Waals surface area contributed by atoms with E-state index in [1.165, 1.54) is 12.8 Å². The van der Waals surface area contributed by atoms with Crippen LogP contribution >= 0.6 is 11.6 Å². The highest BCUT2D eigenvalue weighted by atomic mass is 35.5. The molecule has 0 saturated heterocycles. The van der Waals surface area contributed by atoms with Crippen molar-refractivity contribution in [2.24, 2.45) is 5.84 Å². The first-order valence-corrected chi connectivity index (χ1v) is 6.14. The minimum atomic E-state index is 0.613. The average Bonchev–Trinajstić information content (AvgIpc) is 3.11. The van der Waals surface area contributed by atoms with Crippen molar-refractivity contribution in [1.82, 2.24) is 4.98 Å². The number of nitrogens with one attached hydrogen (secondary N) is 1. The zero-order valence-electron chi connectivity index (χ0n) is 9.63. The van der Waals surface area contributed by atoms with E-state index in [9.17, 15) is 0 Å². The molecule has 1 saturated carbocycles. The molecule has 0 aliphatic heterocycles. The summed E-state index contributed by atoms with van der Waals surface area (Å²) in [6, 6.07) is 5.88. The Balaban J connectivity index is 2.31. The van der Waals surface area contributed by atoms with Gasteiger partial charge >= 0.3 is 0 Å². The molecule has 1 fully saturated rings. The predicted molar refractivity (Wildman–Crippen MR) is 71.3 cm³/mol. The molecule has 1 aromatic carbocycles. The van der Waals surface area contributed by atoms with E-state index in [2.05, 4.69) is 5.43 Å². The molecular formula is C13H14ClN3. The van der Waals surface area contributed by atoms with E-state index in [0.29, 0.717) is 10.9 Å². The summed E-state index contributed by atoms with van der Waals surface area (Å²) in [4.78, 5) is 4.73. The summed E-state index contributed by atoms with van der Waals surface area (Å²) in [5, 5.41) is 1.70. The largest absolute Gasteiger partial charge is 0.323 e. The topological polar surface area (TPSA) is 50.9 Å². The highest BCUT2D eigenvalue weighted by molar-refractivity contribution is 6.31. The quantitative estimate of drug-likeness (QED) is 0.632. The maximum atomic E-state index is 6.07. The molecule has 0 radical (unpaired) electrons. The van der Waals surface area contributed by atoms with Crippen LogP contribution in [0, 0.1) is 6.92 Å². The summed E-state index contributed by atoms with van der Waals surface area (Å²) in [5.41, 5.74) is 6.87. The number of hydrazine groups is 1. The highest BCUT2D eigenvalue weighted by Gasteiger charge is 2.26. The maximum absolute atomic E-state index is 6.07. The molecular weight excluding hydrogens is 234 g/mol. The van der Waals surface area contributed by atoms with Gasteiger partial charge in [-0.3, -0.25) is 10.8 Å². The van der Waals surface area contributed by atoms with Crippen LogP contribution in [0.4, 0.5) is 5.69 Å². The van der Waals surface area contributed by atoms with E-state index in [1.807, 2.05) is 25.1 Å². The number of nitrogens with zero attached hydrogens (tertiary/aromatic N) is 1. The van der Waals surface area contributed by atoms with Crippen LogP contribution in [-0.2, 0) is 0 Å². The zero-order valence-corrected chi connectivity index (χ0v) is 10.4. The maximum Gasteiger partial charge on any atom is 0.0756 e. The fourth-order valence-electron chi connectivity index (χ4n) is 2.18. The lowest BCUT2D eigenvalue weighted by molar-refractivity contribution is 1.04. The van der Waals surface area contributed by atoms with Crippen molar-refractivity contribution < 1.29 is 0 Å². The number of pyridine rings is 1. The summed E-state index contributed by atoms with van der Waals surface area (Å²) in [6.07, 6.45) is 2.46. The Morgan fingerprint density at radius 2 is 2.12 bits per heavy atom. The van der Waals surface area contributed by atoms with Gasteiger partial charge in [0.05, 0.1) is 11.2 Å². The first-order chi connectivity index (χ1) is 8.19. The van der Waals surface area contributed by atoms with Crippen molar-refractivity contribution in [2.75, 3.05) is 5.43 Å². The smallest absolute Gasteiger partial charge is 0.0756 e. The van der Waals surface area contributed by atoms with Gasteiger partial charge in [0.25, 0.3) is 0 Å². The summed E-state index contributed by atoms with van der Waals surface area (Å²) < 4.78 is 0. The number of fused-ring (bicyclic) bond motifs is 1. The lowest BCUT2D eigenvalue weighted by Gasteiger charge is -2.10. The third-order valence-corrected chi connectivity index (χ3v) is 3.46. The summed E-state index contributed by atoms with van der Waals surface area (Å²) in [7, 11) is 0. The van der Waals surface area contributed by atoms with Crippen LogP contribution in [0.15, 0.2) is 18.2 Å². The second-order valence-corrected chi connectivity index (χ2v) is 5.07. The Bertz CT molecular complexity index is 591. The van der Waals surface area contributed by atoms with Crippen molar-refractivity contribution in [3.63, 3.8) is 0 Å². The van der Waals surface area contributed by atoms with E-state index in [4.69, 9.17) is 22.4 Å². The number of nitrogens with two attached hydrogens (primary N) is 1. The van der Waals surface area contributed by atoms with Gasteiger partial charge in [-0.05, 0) is 43.5 Å². The van der Waals surface area contributed by atoms with Gasteiger partial charge in [0.2, 0.25) is 0 Å². The summed E-state index contributed by atoms with van der Waals surface area (Å²) in [5.74, 6) is 6.20. The van der Waals surface area contributed by atoms with Gasteiger partial charge in [0, 0.05) is 22.0 Å². The molecule has 3 nitrogen and oxygen atoms in total. The first kappa shape index (κ1) is 10.8. The standard InChI is InChI=1S/C13H14ClN3/c1-7-4-9(14)5-10-12(17-15)6-11(8-2-3-8)16-13(7)10/h4-6,8H,2-3,15H2,1H3,(H,16,17). The van der Waals surface area contributed by atoms with Crippen LogP contribution in [-0.4, -0.2) is 4.98 Å². The van der Waals surface area contributed by atoms with Gasteiger partial charge in [0.15, 0.2) is 0 Å². The number of anilines is 1. The highest BCUT2D eigenvalue weighted by Crippen LogP contribution is 2.41. The van der Waals surface area contributed by atoms with Crippen molar-refractivity contribution in [3.05, 3.63) is 34.5 Å². The Hall–Kier alpha value is -1.32. The molecule has 0 spiro atoms. The SMILES string of the molecule is Cc1cc(Cl)cc2c(NN)cc(C3CC3)nc12. The van der Waals surface area contributed by atoms with Gasteiger partial charge in [-0.2, -0.15) is 0 Å². The molecule has 0 atom stereocenters. The van der Waals surface area contributed by atoms with Gasteiger partial charge < -0.3 is 5.43 Å². The van der Waals surface area contributed by atoms with E-state index in [1.54, 1.807) is 0 Å². The molecule has 4 heteroatoms. The number of hydrogen-bond acceptors (Lipinski definition) is 3.